The van der Waals surface area contributed by atoms with E-state index < -0.39 is 14.9 Å². The first-order valence-corrected chi connectivity index (χ1v) is 13.9. The van der Waals surface area contributed by atoms with Crippen molar-refractivity contribution in [1.29, 1.82) is 0 Å². The second kappa shape index (κ2) is 9.96. The van der Waals surface area contributed by atoms with Crippen LogP contribution in [-0.4, -0.2) is 38.4 Å². The molecule has 6 rings (SSSR count). The maximum atomic E-state index is 14.0. The minimum atomic E-state index is -4.09. The summed E-state index contributed by atoms with van der Waals surface area (Å²) in [6, 6.07) is 24.4. The van der Waals surface area contributed by atoms with Gasteiger partial charge in [0.2, 0.25) is 0 Å². The number of nitro benzene ring substituents is 1. The molecule has 0 saturated heterocycles. The molecule has 202 valence electrons. The molecular weight excluding hydrogens is 542 g/mol. The fourth-order valence-corrected chi connectivity index (χ4v) is 6.33. The maximum Gasteiger partial charge on any atom is 0.269 e. The topological polar surface area (TPSA) is 130 Å². The molecule has 0 unspecified atom stereocenters. The molecule has 3 aromatic carbocycles. The normalized spacial score (nSPS) is 11.5. The van der Waals surface area contributed by atoms with Crippen molar-refractivity contribution in [3.05, 3.63) is 119 Å². The van der Waals surface area contributed by atoms with Gasteiger partial charge in [0.15, 0.2) is 5.65 Å². The zero-order valence-corrected chi connectivity index (χ0v) is 22.4. The number of nitrogens with zero attached hydrogens (tertiary/aromatic N) is 5. The molecule has 0 amide bonds. The molecule has 0 saturated carbocycles. The van der Waals surface area contributed by atoms with Gasteiger partial charge in [-0.15, -0.1) is 0 Å². The number of carbonyl (C=O) groups is 1. The van der Waals surface area contributed by atoms with Gasteiger partial charge in [0.1, 0.15) is 12.0 Å². The zero-order chi connectivity index (χ0) is 28.7. The molecule has 0 radical (unpaired) electrons. The van der Waals surface area contributed by atoms with Gasteiger partial charge in [0, 0.05) is 53.7 Å². The van der Waals surface area contributed by atoms with Crippen LogP contribution in [0.25, 0.3) is 44.7 Å². The van der Waals surface area contributed by atoms with Crippen molar-refractivity contribution in [3.63, 3.8) is 0 Å². The average molecular weight is 564 g/mol. The van der Waals surface area contributed by atoms with E-state index in [4.69, 9.17) is 0 Å². The Morgan fingerprint density at radius 3 is 2.22 bits per heavy atom. The van der Waals surface area contributed by atoms with Crippen molar-refractivity contribution >= 4 is 33.0 Å². The van der Waals surface area contributed by atoms with Gasteiger partial charge in [-0.2, -0.15) is 5.10 Å². The predicted molar refractivity (Wildman–Crippen MR) is 154 cm³/mol. The Morgan fingerprint density at radius 1 is 0.878 bits per heavy atom. The van der Waals surface area contributed by atoms with Gasteiger partial charge < -0.3 is 0 Å². The molecule has 0 aliphatic carbocycles. The number of carbonyl (C=O) groups excluding carboxylic acids is 1. The Hall–Kier alpha value is -5.42. The predicted octanol–water partition coefficient (Wildman–Crippen LogP) is 5.73. The number of hydrogen-bond acceptors (Lipinski definition) is 7. The summed E-state index contributed by atoms with van der Waals surface area (Å²) in [5.41, 5.74) is 4.23. The molecule has 0 aliphatic rings. The fourth-order valence-electron chi connectivity index (χ4n) is 4.82. The van der Waals surface area contributed by atoms with Crippen molar-refractivity contribution in [3.8, 4) is 33.6 Å². The number of pyridine rings is 1. The average Bonchev–Trinajstić information content (AvgIpc) is 3.59. The van der Waals surface area contributed by atoms with Crippen LogP contribution in [-0.2, 0) is 17.1 Å². The third-order valence-corrected chi connectivity index (χ3v) is 8.47. The monoisotopic (exact) mass is 563 g/mol. The minimum Gasteiger partial charge on any atom is -0.298 e. The molecule has 0 spiro atoms. The molecule has 0 aliphatic heterocycles. The van der Waals surface area contributed by atoms with Crippen molar-refractivity contribution < 1.29 is 18.1 Å². The van der Waals surface area contributed by atoms with E-state index in [2.05, 4.69) is 10.1 Å². The lowest BCUT2D eigenvalue weighted by atomic mass is 10.00. The third kappa shape index (κ3) is 4.47. The highest BCUT2D eigenvalue weighted by Gasteiger charge is 2.27. The summed E-state index contributed by atoms with van der Waals surface area (Å²) < 4.78 is 31.0. The van der Waals surface area contributed by atoms with Crippen LogP contribution in [0.5, 0.6) is 0 Å². The highest BCUT2D eigenvalue weighted by Crippen LogP contribution is 2.39. The highest BCUT2D eigenvalue weighted by atomic mass is 32.2. The van der Waals surface area contributed by atoms with Crippen LogP contribution in [0.3, 0.4) is 0 Å². The first-order chi connectivity index (χ1) is 19.8. The van der Waals surface area contributed by atoms with Crippen LogP contribution in [0, 0.1) is 10.1 Å². The Balaban J connectivity index is 1.62. The molecule has 41 heavy (non-hydrogen) atoms. The molecule has 6 aromatic rings. The summed E-state index contributed by atoms with van der Waals surface area (Å²) in [4.78, 5) is 26.6. The first-order valence-electron chi connectivity index (χ1n) is 12.4. The number of aldehydes is 1. The largest absolute Gasteiger partial charge is 0.298 e. The molecule has 3 aromatic heterocycles. The van der Waals surface area contributed by atoms with Crippen molar-refractivity contribution in [2.45, 2.75) is 4.90 Å². The number of non-ortho nitro benzene ring substituents is 1. The van der Waals surface area contributed by atoms with Gasteiger partial charge >= 0.3 is 0 Å². The Labute approximate surface area is 234 Å². The number of nitro groups is 1. The van der Waals surface area contributed by atoms with E-state index in [9.17, 15) is 23.3 Å². The fraction of sp³-hybridized carbons (Fsp3) is 0.0333. The van der Waals surface area contributed by atoms with Crippen LogP contribution in [0.15, 0.2) is 108 Å². The van der Waals surface area contributed by atoms with Gasteiger partial charge in [-0.3, -0.25) is 19.6 Å². The number of aryl methyl sites for hydroxylation is 1. The molecule has 10 nitrogen and oxygen atoms in total. The van der Waals surface area contributed by atoms with E-state index in [1.165, 1.54) is 28.2 Å². The van der Waals surface area contributed by atoms with E-state index in [0.717, 1.165) is 6.29 Å². The van der Waals surface area contributed by atoms with E-state index in [1.54, 1.807) is 84.7 Å². The van der Waals surface area contributed by atoms with Crippen LogP contribution in [0.2, 0.25) is 0 Å². The van der Waals surface area contributed by atoms with Crippen molar-refractivity contribution in [1.82, 2.24) is 18.7 Å². The third-order valence-electron chi connectivity index (χ3n) is 6.76. The molecule has 0 bridgehead atoms. The lowest BCUT2D eigenvalue weighted by molar-refractivity contribution is -0.384. The SMILES string of the molecule is Cn1cc(-c2ccnc3c2cc(-c2ccc(C=O)cc2)n3S(=O)(=O)c2ccccc2)c(-c2ccc([N+](=O)[O-])cc2)n1. The van der Waals surface area contributed by atoms with Gasteiger partial charge in [-0.25, -0.2) is 17.4 Å². The maximum absolute atomic E-state index is 14.0. The van der Waals surface area contributed by atoms with Crippen LogP contribution < -0.4 is 0 Å². The lowest BCUT2D eigenvalue weighted by Gasteiger charge is -2.12. The van der Waals surface area contributed by atoms with Crippen LogP contribution in [0.1, 0.15) is 10.4 Å². The molecule has 3 heterocycles. The second-order valence-electron chi connectivity index (χ2n) is 9.32. The first kappa shape index (κ1) is 25.8. The Bertz CT molecular complexity index is 2050. The smallest absolute Gasteiger partial charge is 0.269 e. The molecule has 0 fully saturated rings. The molecular formula is C30H21N5O5S. The number of hydrogen-bond donors (Lipinski definition) is 0. The van der Waals surface area contributed by atoms with Gasteiger partial charge in [0.25, 0.3) is 15.7 Å². The summed E-state index contributed by atoms with van der Waals surface area (Å²) in [7, 11) is -2.32. The number of aromatic nitrogens is 4. The summed E-state index contributed by atoms with van der Waals surface area (Å²) >= 11 is 0. The zero-order valence-electron chi connectivity index (χ0n) is 21.6. The van der Waals surface area contributed by atoms with E-state index in [0.29, 0.717) is 44.6 Å². The lowest BCUT2D eigenvalue weighted by Crippen LogP contribution is -2.14. The summed E-state index contributed by atoms with van der Waals surface area (Å²) in [5.74, 6) is 0. The minimum absolute atomic E-state index is 0.0361. The van der Waals surface area contributed by atoms with Crippen LogP contribution >= 0.6 is 0 Å². The number of benzene rings is 3. The van der Waals surface area contributed by atoms with Crippen molar-refractivity contribution in [2.75, 3.05) is 0 Å². The molecule has 0 N–H and O–H groups in total. The highest BCUT2D eigenvalue weighted by molar-refractivity contribution is 7.90. The van der Waals surface area contributed by atoms with E-state index >= 15 is 0 Å². The summed E-state index contributed by atoms with van der Waals surface area (Å²) in [6.07, 6.45) is 4.08. The number of rotatable bonds is 7. The van der Waals surface area contributed by atoms with Crippen LogP contribution in [0.4, 0.5) is 5.69 Å². The summed E-state index contributed by atoms with van der Waals surface area (Å²) in [6.45, 7) is 0. The number of fused-ring (bicyclic) bond motifs is 1. The van der Waals surface area contributed by atoms with Crippen molar-refractivity contribution in [2.24, 2.45) is 7.05 Å². The second-order valence-corrected chi connectivity index (χ2v) is 11.1. The summed E-state index contributed by atoms with van der Waals surface area (Å²) in [5, 5.41) is 16.3. The Morgan fingerprint density at radius 2 is 1.56 bits per heavy atom. The van der Waals surface area contributed by atoms with Gasteiger partial charge in [-0.05, 0) is 47.5 Å². The standard InChI is InChI=1S/C30H21N5O5S/c1-33-18-27(29(32-33)22-11-13-23(14-12-22)35(37)38)25-15-16-31-30-26(25)17-28(21-9-7-20(19-36)8-10-21)34(30)41(39,40)24-5-3-2-4-6-24/h2-19H,1H3. The Kier molecular flexibility index (Phi) is 6.27. The van der Waals surface area contributed by atoms with Gasteiger partial charge in [-0.1, -0.05) is 42.5 Å². The quantitative estimate of drug-likeness (QED) is 0.138. The molecule has 0 atom stereocenters. The van der Waals surface area contributed by atoms with E-state index in [-0.39, 0.29) is 16.2 Å². The van der Waals surface area contributed by atoms with E-state index in [1.807, 2.05) is 6.20 Å². The molecule has 11 heteroatoms. The van der Waals surface area contributed by atoms with Gasteiger partial charge in [0.05, 0.1) is 15.5 Å².